The van der Waals surface area contributed by atoms with Gasteiger partial charge in [-0.2, -0.15) is 0 Å². The third-order valence-electron chi connectivity index (χ3n) is 2.97. The Bertz CT molecular complexity index is 698. The number of aryl methyl sites for hydroxylation is 1. The number of nitrogens with two attached hydrogens (primary N) is 1. The molecule has 2 N–H and O–H groups in total. The van der Waals surface area contributed by atoms with Crippen molar-refractivity contribution in [2.75, 3.05) is 0 Å². The fourth-order valence-corrected chi connectivity index (χ4v) is 1.88. The standard InChI is InChI=1S/C14H15N5O/c1-10-2-4-11(5-3-10)14-16-13(9-20-14)8-19-7-12(6-15)17-18-19/h2-5,7,9H,6,8,15H2,1H3. The second kappa shape index (κ2) is 5.26. The van der Waals surface area contributed by atoms with Gasteiger partial charge in [-0.05, 0) is 19.1 Å². The molecule has 0 saturated carbocycles. The van der Waals surface area contributed by atoms with Crippen molar-refractivity contribution in [3.8, 4) is 11.5 Å². The summed E-state index contributed by atoms with van der Waals surface area (Å²) < 4.78 is 7.19. The van der Waals surface area contributed by atoms with Gasteiger partial charge in [0.15, 0.2) is 0 Å². The van der Waals surface area contributed by atoms with Crippen molar-refractivity contribution in [2.45, 2.75) is 20.0 Å². The van der Waals surface area contributed by atoms with Crippen LogP contribution in [0.1, 0.15) is 17.0 Å². The maximum Gasteiger partial charge on any atom is 0.226 e. The molecule has 2 heterocycles. The summed E-state index contributed by atoms with van der Waals surface area (Å²) >= 11 is 0. The predicted molar refractivity (Wildman–Crippen MR) is 73.7 cm³/mol. The van der Waals surface area contributed by atoms with Crippen LogP contribution in [0.4, 0.5) is 0 Å². The van der Waals surface area contributed by atoms with Gasteiger partial charge in [0.05, 0.1) is 18.4 Å². The van der Waals surface area contributed by atoms with Crippen molar-refractivity contribution in [2.24, 2.45) is 5.73 Å². The highest BCUT2D eigenvalue weighted by molar-refractivity contribution is 5.53. The van der Waals surface area contributed by atoms with E-state index < -0.39 is 0 Å². The summed E-state index contributed by atoms with van der Waals surface area (Å²) in [4.78, 5) is 4.45. The number of benzene rings is 1. The molecule has 0 fully saturated rings. The molecule has 102 valence electrons. The zero-order chi connectivity index (χ0) is 13.9. The van der Waals surface area contributed by atoms with Crippen LogP contribution in [0.2, 0.25) is 0 Å². The van der Waals surface area contributed by atoms with E-state index >= 15 is 0 Å². The van der Waals surface area contributed by atoms with Crippen molar-refractivity contribution in [1.82, 2.24) is 20.0 Å². The van der Waals surface area contributed by atoms with Gasteiger partial charge in [0.1, 0.15) is 12.0 Å². The third-order valence-corrected chi connectivity index (χ3v) is 2.97. The zero-order valence-electron chi connectivity index (χ0n) is 11.2. The Morgan fingerprint density at radius 1 is 1.20 bits per heavy atom. The van der Waals surface area contributed by atoms with E-state index in [0.717, 1.165) is 17.0 Å². The number of nitrogens with zero attached hydrogens (tertiary/aromatic N) is 4. The molecule has 3 rings (SSSR count). The van der Waals surface area contributed by atoms with Gasteiger partial charge in [-0.1, -0.05) is 22.9 Å². The SMILES string of the molecule is Cc1ccc(-c2nc(Cn3cc(CN)nn3)co2)cc1. The summed E-state index contributed by atoms with van der Waals surface area (Å²) in [5.74, 6) is 0.610. The van der Waals surface area contributed by atoms with E-state index in [1.54, 1.807) is 17.1 Å². The maximum atomic E-state index is 5.50. The van der Waals surface area contributed by atoms with Gasteiger partial charge in [0.2, 0.25) is 5.89 Å². The van der Waals surface area contributed by atoms with Crippen LogP contribution in [0.15, 0.2) is 41.1 Å². The molecule has 0 saturated heterocycles. The van der Waals surface area contributed by atoms with E-state index in [0.29, 0.717) is 19.0 Å². The van der Waals surface area contributed by atoms with Crippen LogP contribution in [-0.2, 0) is 13.1 Å². The molecule has 0 atom stereocenters. The molecule has 0 radical (unpaired) electrons. The first-order valence-corrected chi connectivity index (χ1v) is 6.35. The fourth-order valence-electron chi connectivity index (χ4n) is 1.88. The summed E-state index contributed by atoms with van der Waals surface area (Å²) in [6.07, 6.45) is 3.44. The highest BCUT2D eigenvalue weighted by Gasteiger charge is 2.08. The van der Waals surface area contributed by atoms with E-state index in [1.807, 2.05) is 31.2 Å². The average Bonchev–Trinajstić information content (AvgIpc) is 3.09. The molecule has 3 aromatic rings. The summed E-state index contributed by atoms with van der Waals surface area (Å²) in [5, 5.41) is 7.92. The van der Waals surface area contributed by atoms with Crippen LogP contribution in [0, 0.1) is 6.92 Å². The summed E-state index contributed by atoms with van der Waals surface area (Å²) in [7, 11) is 0. The monoisotopic (exact) mass is 269 g/mol. The highest BCUT2D eigenvalue weighted by Crippen LogP contribution is 2.19. The molecule has 1 aromatic carbocycles. The first-order chi connectivity index (χ1) is 9.74. The minimum atomic E-state index is 0.382. The number of hydrogen-bond acceptors (Lipinski definition) is 5. The Kier molecular flexibility index (Phi) is 3.30. The summed E-state index contributed by atoms with van der Waals surface area (Å²) in [6.45, 7) is 2.94. The zero-order valence-corrected chi connectivity index (χ0v) is 11.2. The number of rotatable bonds is 4. The predicted octanol–water partition coefficient (Wildman–Crippen LogP) is 1.75. The van der Waals surface area contributed by atoms with Crippen LogP contribution < -0.4 is 5.73 Å². The maximum absolute atomic E-state index is 5.50. The topological polar surface area (TPSA) is 82.8 Å². The number of hydrogen-bond donors (Lipinski definition) is 1. The Morgan fingerprint density at radius 3 is 2.70 bits per heavy atom. The van der Waals surface area contributed by atoms with Gasteiger partial charge in [0, 0.05) is 12.1 Å². The second-order valence-electron chi connectivity index (χ2n) is 4.62. The molecule has 0 aliphatic carbocycles. The van der Waals surface area contributed by atoms with Gasteiger partial charge in [0.25, 0.3) is 0 Å². The fraction of sp³-hybridized carbons (Fsp3) is 0.214. The molecule has 6 heteroatoms. The van der Waals surface area contributed by atoms with Gasteiger partial charge < -0.3 is 10.2 Å². The van der Waals surface area contributed by atoms with Crippen LogP contribution in [-0.4, -0.2) is 20.0 Å². The largest absolute Gasteiger partial charge is 0.444 e. The first-order valence-electron chi connectivity index (χ1n) is 6.35. The lowest BCUT2D eigenvalue weighted by molar-refractivity contribution is 0.568. The quantitative estimate of drug-likeness (QED) is 0.780. The van der Waals surface area contributed by atoms with Crippen molar-refractivity contribution in [1.29, 1.82) is 0 Å². The Labute approximate surface area is 116 Å². The van der Waals surface area contributed by atoms with Crippen molar-refractivity contribution < 1.29 is 4.42 Å². The van der Waals surface area contributed by atoms with Crippen LogP contribution in [0.5, 0.6) is 0 Å². The lowest BCUT2D eigenvalue weighted by atomic mass is 10.1. The van der Waals surface area contributed by atoms with E-state index in [2.05, 4.69) is 15.3 Å². The van der Waals surface area contributed by atoms with Gasteiger partial charge in [-0.15, -0.1) is 5.10 Å². The summed E-state index contributed by atoms with van der Waals surface area (Å²) in [5.41, 5.74) is 9.22. The van der Waals surface area contributed by atoms with Gasteiger partial charge >= 0.3 is 0 Å². The van der Waals surface area contributed by atoms with Crippen LogP contribution in [0.25, 0.3) is 11.5 Å². The van der Waals surface area contributed by atoms with Crippen molar-refractivity contribution in [3.05, 3.63) is 53.7 Å². The molecule has 0 unspecified atom stereocenters. The lowest BCUT2D eigenvalue weighted by Crippen LogP contribution is -2.00. The Hall–Kier alpha value is -2.47. The van der Waals surface area contributed by atoms with E-state index in [1.165, 1.54) is 5.56 Å². The van der Waals surface area contributed by atoms with Gasteiger partial charge in [-0.25, -0.2) is 9.67 Å². The van der Waals surface area contributed by atoms with Crippen LogP contribution in [0.3, 0.4) is 0 Å². The molecule has 6 nitrogen and oxygen atoms in total. The number of oxazole rings is 1. The highest BCUT2D eigenvalue weighted by atomic mass is 16.3. The minimum Gasteiger partial charge on any atom is -0.444 e. The van der Waals surface area contributed by atoms with Crippen molar-refractivity contribution in [3.63, 3.8) is 0 Å². The molecule has 0 aliphatic rings. The first kappa shape index (κ1) is 12.6. The molecular formula is C14H15N5O. The third kappa shape index (κ3) is 2.60. The Morgan fingerprint density at radius 2 is 2.00 bits per heavy atom. The molecule has 0 amide bonds. The van der Waals surface area contributed by atoms with E-state index in [4.69, 9.17) is 10.2 Å². The summed E-state index contributed by atoms with van der Waals surface area (Å²) in [6, 6.07) is 8.05. The normalized spacial score (nSPS) is 10.9. The molecular weight excluding hydrogens is 254 g/mol. The smallest absolute Gasteiger partial charge is 0.226 e. The van der Waals surface area contributed by atoms with E-state index in [9.17, 15) is 0 Å². The molecule has 2 aromatic heterocycles. The van der Waals surface area contributed by atoms with Crippen LogP contribution >= 0.6 is 0 Å². The average molecular weight is 269 g/mol. The Balaban J connectivity index is 1.78. The second-order valence-corrected chi connectivity index (χ2v) is 4.62. The molecule has 0 aliphatic heterocycles. The van der Waals surface area contributed by atoms with Crippen molar-refractivity contribution >= 4 is 0 Å². The number of aromatic nitrogens is 4. The molecule has 0 spiro atoms. The van der Waals surface area contributed by atoms with E-state index in [-0.39, 0.29) is 0 Å². The lowest BCUT2D eigenvalue weighted by Gasteiger charge is -1.96. The molecule has 0 bridgehead atoms. The minimum absolute atomic E-state index is 0.382. The molecule has 20 heavy (non-hydrogen) atoms. The van der Waals surface area contributed by atoms with Gasteiger partial charge in [-0.3, -0.25) is 0 Å².